The number of nitrogens with zero attached hydrogens (tertiary/aromatic N) is 1. The van der Waals surface area contributed by atoms with Crippen molar-refractivity contribution in [1.82, 2.24) is 10.2 Å². The maximum Gasteiger partial charge on any atom is 0.329 e. The summed E-state index contributed by atoms with van der Waals surface area (Å²) in [5.41, 5.74) is 0.333. The molecule has 3 amide bonds. The fourth-order valence-electron chi connectivity index (χ4n) is 3.57. The zero-order chi connectivity index (χ0) is 18.9. The molecular weight excluding hydrogens is 334 g/mol. The summed E-state index contributed by atoms with van der Waals surface area (Å²) in [6, 6.07) is 5.53. The van der Waals surface area contributed by atoms with Crippen LogP contribution in [0.2, 0.25) is 0 Å². The molecule has 26 heavy (non-hydrogen) atoms. The maximum atomic E-state index is 12.7. The summed E-state index contributed by atoms with van der Waals surface area (Å²) in [5.74, 6) is 1.58. The third kappa shape index (κ3) is 3.49. The van der Waals surface area contributed by atoms with Crippen molar-refractivity contribution in [2.75, 3.05) is 27.4 Å². The molecule has 0 aromatic heterocycles. The lowest BCUT2D eigenvalue weighted by atomic mass is 9.96. The molecule has 1 aromatic rings. The number of rotatable bonds is 8. The van der Waals surface area contributed by atoms with Gasteiger partial charge in [0.2, 0.25) is 0 Å². The quantitative estimate of drug-likeness (QED) is 0.671. The smallest absolute Gasteiger partial charge is 0.329 e. The molecule has 2 aliphatic rings. The maximum absolute atomic E-state index is 12.7. The average Bonchev–Trinajstić information content (AvgIpc) is 3.43. The SMILES string of the molecule is CCOc1ccc(C[NH+](C)CN2C(=O)N[C@@](C)(C3CC3)C2=O)cc1OC. The third-order valence-corrected chi connectivity index (χ3v) is 5.16. The van der Waals surface area contributed by atoms with Crippen LogP contribution in [0.4, 0.5) is 4.79 Å². The first-order valence-electron chi connectivity index (χ1n) is 9.14. The number of quaternary nitrogens is 1. The van der Waals surface area contributed by atoms with Gasteiger partial charge in [-0.3, -0.25) is 4.79 Å². The van der Waals surface area contributed by atoms with Crippen molar-refractivity contribution in [3.63, 3.8) is 0 Å². The molecule has 0 bridgehead atoms. The van der Waals surface area contributed by atoms with Gasteiger partial charge < -0.3 is 19.7 Å². The molecule has 0 spiro atoms. The molecule has 2 atom stereocenters. The Balaban J connectivity index is 1.64. The molecule has 3 rings (SSSR count). The van der Waals surface area contributed by atoms with Crippen LogP contribution in [-0.2, 0) is 11.3 Å². The Labute approximate surface area is 154 Å². The molecule has 1 heterocycles. The van der Waals surface area contributed by atoms with E-state index in [-0.39, 0.29) is 17.9 Å². The van der Waals surface area contributed by atoms with Gasteiger partial charge in [0.25, 0.3) is 5.91 Å². The largest absolute Gasteiger partial charge is 0.493 e. The minimum absolute atomic E-state index is 0.103. The van der Waals surface area contributed by atoms with Crippen LogP contribution in [-0.4, -0.2) is 49.8 Å². The fourth-order valence-corrected chi connectivity index (χ4v) is 3.57. The number of ether oxygens (including phenoxy) is 2. The summed E-state index contributed by atoms with van der Waals surface area (Å²) in [6.45, 7) is 5.35. The molecule has 2 fully saturated rings. The van der Waals surface area contributed by atoms with Gasteiger partial charge in [0.1, 0.15) is 12.1 Å². The molecule has 7 nitrogen and oxygen atoms in total. The summed E-state index contributed by atoms with van der Waals surface area (Å²) < 4.78 is 10.9. The topological polar surface area (TPSA) is 72.3 Å². The first-order chi connectivity index (χ1) is 12.4. The van der Waals surface area contributed by atoms with Gasteiger partial charge in [-0.2, -0.15) is 0 Å². The summed E-state index contributed by atoms with van der Waals surface area (Å²) in [5, 5.41) is 2.89. The zero-order valence-electron chi connectivity index (χ0n) is 15.9. The Hall–Kier alpha value is -2.28. The Morgan fingerprint density at radius 2 is 2.04 bits per heavy atom. The normalized spacial score (nSPS) is 23.8. The average molecular weight is 362 g/mol. The van der Waals surface area contributed by atoms with Gasteiger partial charge in [-0.25, -0.2) is 9.69 Å². The number of methoxy groups -OCH3 is 1. The number of carbonyl (C=O) groups excluding carboxylic acids is 2. The third-order valence-electron chi connectivity index (χ3n) is 5.16. The summed E-state index contributed by atoms with van der Waals surface area (Å²) in [6.07, 6.45) is 2.01. The first-order valence-corrected chi connectivity index (χ1v) is 9.14. The Morgan fingerprint density at radius 1 is 1.31 bits per heavy atom. The number of nitrogens with one attached hydrogen (secondary N) is 2. The van der Waals surface area contributed by atoms with E-state index in [0.29, 0.717) is 31.3 Å². The van der Waals surface area contributed by atoms with E-state index in [0.717, 1.165) is 23.3 Å². The summed E-state index contributed by atoms with van der Waals surface area (Å²) in [4.78, 5) is 27.4. The van der Waals surface area contributed by atoms with E-state index in [4.69, 9.17) is 9.47 Å². The van der Waals surface area contributed by atoms with E-state index >= 15 is 0 Å². The van der Waals surface area contributed by atoms with Gasteiger partial charge >= 0.3 is 6.03 Å². The minimum atomic E-state index is -0.722. The summed E-state index contributed by atoms with van der Waals surface area (Å²) >= 11 is 0. The number of carbonyl (C=O) groups is 2. The predicted molar refractivity (Wildman–Crippen MR) is 96.1 cm³/mol. The van der Waals surface area contributed by atoms with Crippen molar-refractivity contribution in [2.24, 2.45) is 5.92 Å². The van der Waals surface area contributed by atoms with Crippen LogP contribution >= 0.6 is 0 Å². The Bertz CT molecular complexity index is 704. The molecule has 1 unspecified atom stereocenters. The van der Waals surface area contributed by atoms with Crippen molar-refractivity contribution >= 4 is 11.9 Å². The van der Waals surface area contributed by atoms with E-state index in [9.17, 15) is 9.59 Å². The predicted octanol–water partition coefficient (Wildman–Crippen LogP) is 0.787. The second-order valence-electron chi connectivity index (χ2n) is 7.35. The van der Waals surface area contributed by atoms with E-state index in [2.05, 4.69) is 5.32 Å². The van der Waals surface area contributed by atoms with Crippen molar-refractivity contribution in [3.05, 3.63) is 23.8 Å². The highest BCUT2D eigenvalue weighted by Gasteiger charge is 2.56. The van der Waals surface area contributed by atoms with Gasteiger partial charge in [0.15, 0.2) is 18.2 Å². The van der Waals surface area contributed by atoms with Gasteiger partial charge in [0.05, 0.1) is 20.8 Å². The number of benzene rings is 1. The number of urea groups is 1. The molecule has 1 saturated carbocycles. The lowest BCUT2D eigenvalue weighted by Gasteiger charge is -2.22. The zero-order valence-corrected chi connectivity index (χ0v) is 15.9. The van der Waals surface area contributed by atoms with Gasteiger partial charge in [-0.1, -0.05) is 0 Å². The molecule has 1 aliphatic heterocycles. The highest BCUT2D eigenvalue weighted by atomic mass is 16.5. The molecule has 1 aliphatic carbocycles. The lowest BCUT2D eigenvalue weighted by Crippen LogP contribution is -3.09. The van der Waals surface area contributed by atoms with Crippen LogP contribution in [0.5, 0.6) is 11.5 Å². The molecule has 142 valence electrons. The second kappa shape index (κ2) is 7.15. The van der Waals surface area contributed by atoms with E-state index < -0.39 is 5.54 Å². The fraction of sp³-hybridized carbons (Fsp3) is 0.579. The van der Waals surface area contributed by atoms with Crippen molar-refractivity contribution in [1.29, 1.82) is 0 Å². The molecular formula is C19H28N3O4+. The molecule has 0 radical (unpaired) electrons. The van der Waals surface area contributed by atoms with Gasteiger partial charge in [-0.15, -0.1) is 0 Å². The number of amides is 3. The Morgan fingerprint density at radius 3 is 2.65 bits per heavy atom. The number of hydrogen-bond donors (Lipinski definition) is 2. The van der Waals surface area contributed by atoms with Crippen LogP contribution in [0.15, 0.2) is 18.2 Å². The molecule has 1 saturated heterocycles. The monoisotopic (exact) mass is 362 g/mol. The number of hydrogen-bond acceptors (Lipinski definition) is 4. The van der Waals surface area contributed by atoms with Crippen molar-refractivity contribution in [3.8, 4) is 11.5 Å². The van der Waals surface area contributed by atoms with E-state index in [1.54, 1.807) is 7.11 Å². The highest BCUT2D eigenvalue weighted by molar-refractivity contribution is 6.07. The highest BCUT2D eigenvalue weighted by Crippen LogP contribution is 2.42. The van der Waals surface area contributed by atoms with Crippen molar-refractivity contribution in [2.45, 2.75) is 38.8 Å². The van der Waals surface area contributed by atoms with Crippen LogP contribution in [0.25, 0.3) is 0 Å². The van der Waals surface area contributed by atoms with Crippen LogP contribution in [0, 0.1) is 5.92 Å². The van der Waals surface area contributed by atoms with E-state index in [1.807, 2.05) is 39.1 Å². The lowest BCUT2D eigenvalue weighted by molar-refractivity contribution is -0.901. The molecule has 2 N–H and O–H groups in total. The molecule has 1 aromatic carbocycles. The number of imide groups is 1. The summed E-state index contributed by atoms with van der Waals surface area (Å²) in [7, 11) is 3.58. The van der Waals surface area contributed by atoms with Crippen LogP contribution in [0.3, 0.4) is 0 Å². The van der Waals surface area contributed by atoms with E-state index in [1.165, 1.54) is 4.90 Å². The first kappa shape index (κ1) is 18.5. The molecule has 7 heteroatoms. The Kier molecular flexibility index (Phi) is 5.09. The second-order valence-corrected chi connectivity index (χ2v) is 7.35. The van der Waals surface area contributed by atoms with Gasteiger partial charge in [-0.05, 0) is 50.8 Å². The van der Waals surface area contributed by atoms with Gasteiger partial charge in [0, 0.05) is 5.56 Å². The van der Waals surface area contributed by atoms with Crippen LogP contribution < -0.4 is 19.7 Å². The minimum Gasteiger partial charge on any atom is -0.493 e. The standard InChI is InChI=1S/C19H27N3O4/c1-5-26-15-9-6-13(10-16(15)25-4)11-21(3)12-22-17(23)19(2,14-7-8-14)20-18(22)24/h6,9-10,14H,5,7-8,11-12H2,1-4H3,(H,20,24)/p+1/t19-/m0/s1. The van der Waals surface area contributed by atoms with Crippen LogP contribution in [0.1, 0.15) is 32.3 Å². The van der Waals surface area contributed by atoms with Crippen molar-refractivity contribution < 1.29 is 24.0 Å².